The number of allylic oxidation sites excluding steroid dienone is 8. The van der Waals surface area contributed by atoms with Crippen molar-refractivity contribution in [1.29, 1.82) is 0 Å². The fraction of sp³-hybridized carbons (Fsp3) is 0.909. The molecule has 1 saturated heterocycles. The topological polar surface area (TPSA) is 93.9 Å². The predicted molar refractivity (Wildman–Crippen MR) is 457 cm³/mol. The Morgan fingerprint density at radius 3 is 0.710 bits per heavy atom. The molecule has 0 aromatic carbocycles. The second-order valence-electron chi connectivity index (χ2n) is 30.9. The summed E-state index contributed by atoms with van der Waals surface area (Å²) in [7, 11) is 8.09. The summed E-state index contributed by atoms with van der Waals surface area (Å²) in [6, 6.07) is 1.12. The summed E-state index contributed by atoms with van der Waals surface area (Å²) in [6.07, 6.45) is 85.2. The first-order valence-electron chi connectivity index (χ1n) is 43.9. The van der Waals surface area contributed by atoms with Crippen LogP contribution in [0.15, 0.2) is 48.6 Å². The third-order valence-electron chi connectivity index (χ3n) is 20.8. The zero-order chi connectivity index (χ0) is 72.3. The molecule has 0 aromatic rings. The Labute approximate surface area is 640 Å². The molecule has 4 N–H and O–H groups in total. The Kier molecular flexibility index (Phi) is 77.1. The number of aliphatic hydroxyl groups is 4. The molecule has 12 heteroatoms. The van der Waals surface area contributed by atoms with Gasteiger partial charge in [0, 0.05) is 87.5 Å². The van der Waals surface area contributed by atoms with E-state index in [1.165, 1.54) is 283 Å². The number of nitrogens with zero attached hydrogens (tertiary/aromatic N) is 4. The quantitative estimate of drug-likeness (QED) is 0.0265. The molecule has 8 nitrogen and oxygen atoms in total. The van der Waals surface area contributed by atoms with Gasteiger partial charge in [0.05, 0.1) is 24.4 Å². The van der Waals surface area contributed by atoms with E-state index >= 15 is 0 Å². The Morgan fingerprint density at radius 1 is 0.280 bits per heavy atom. The highest BCUT2D eigenvalue weighted by molar-refractivity contribution is 8.77. The molecular formula is C88H172N4O4S4. The lowest BCUT2D eigenvalue weighted by Gasteiger charge is -2.44. The van der Waals surface area contributed by atoms with Crippen molar-refractivity contribution in [2.45, 2.75) is 425 Å². The monoisotopic (exact) mass is 1480 g/mol. The molecule has 0 radical (unpaired) electrons. The zero-order valence-electron chi connectivity index (χ0n) is 67.4. The number of rotatable bonds is 80. The van der Waals surface area contributed by atoms with Gasteiger partial charge in [0.15, 0.2) is 0 Å². The predicted octanol–water partition coefficient (Wildman–Crippen LogP) is 25.6. The lowest BCUT2D eigenvalue weighted by Crippen LogP contribution is -2.57. The molecule has 100 heavy (non-hydrogen) atoms. The van der Waals surface area contributed by atoms with Crippen LogP contribution in [-0.2, 0) is 0 Å². The van der Waals surface area contributed by atoms with Gasteiger partial charge in [-0.2, -0.15) is 0 Å². The second-order valence-corrected chi connectivity index (χ2v) is 36.3. The SMILES string of the molecule is CCCCCCCC/C=C\CCCCCCC(O)CN(CCCSSCCN1CC(C)N(CCSSCCCN(CC(O)CCCCCC/C=C\CCCCCCCC)CC(O)CCCCCC/C=C\CCCCCCCC)CC1C)CC(O)CCCCCC/C=C\CCCCCCCC. The minimum atomic E-state index is -0.326. The molecule has 6 unspecified atom stereocenters. The average molecular weight is 1480 g/mol. The third-order valence-corrected chi connectivity index (χ3v) is 25.8. The maximum atomic E-state index is 11.3. The van der Waals surface area contributed by atoms with E-state index < -0.39 is 0 Å². The van der Waals surface area contributed by atoms with Crippen LogP contribution in [-0.4, -0.2) is 165 Å². The molecule has 0 spiro atoms. The number of unbranched alkanes of at least 4 members (excludes halogenated alkanes) is 40. The number of hydrogen-bond acceptors (Lipinski definition) is 12. The summed E-state index contributed by atoms with van der Waals surface area (Å²) in [5.74, 6) is 4.49. The molecule has 0 amide bonds. The third kappa shape index (κ3) is 68.6. The van der Waals surface area contributed by atoms with Crippen LogP contribution in [0.1, 0.15) is 388 Å². The Balaban J connectivity index is 2.52. The van der Waals surface area contributed by atoms with Crippen molar-refractivity contribution in [3.63, 3.8) is 0 Å². The maximum absolute atomic E-state index is 11.3. The van der Waals surface area contributed by atoms with Crippen LogP contribution in [0, 0.1) is 0 Å². The van der Waals surface area contributed by atoms with Crippen LogP contribution in [0.3, 0.4) is 0 Å². The maximum Gasteiger partial charge on any atom is 0.0667 e. The van der Waals surface area contributed by atoms with Gasteiger partial charge in [-0.05, 0) is 168 Å². The highest BCUT2D eigenvalue weighted by Gasteiger charge is 2.28. The van der Waals surface area contributed by atoms with Gasteiger partial charge in [0.2, 0.25) is 0 Å². The van der Waals surface area contributed by atoms with Gasteiger partial charge >= 0.3 is 0 Å². The van der Waals surface area contributed by atoms with Crippen LogP contribution < -0.4 is 0 Å². The first kappa shape index (κ1) is 98.0. The van der Waals surface area contributed by atoms with E-state index in [0.717, 1.165) is 126 Å². The minimum absolute atomic E-state index is 0.326. The van der Waals surface area contributed by atoms with Crippen molar-refractivity contribution in [2.75, 3.05) is 88.5 Å². The van der Waals surface area contributed by atoms with Crippen LogP contribution in [0.4, 0.5) is 0 Å². The molecule has 0 aliphatic carbocycles. The van der Waals surface area contributed by atoms with E-state index in [2.05, 4.69) is 110 Å². The molecule has 0 aromatic heterocycles. The lowest BCUT2D eigenvalue weighted by molar-refractivity contribution is 0.0516. The summed E-state index contributed by atoms with van der Waals surface area (Å²) in [5, 5.41) is 45.1. The highest BCUT2D eigenvalue weighted by Crippen LogP contribution is 2.27. The molecule has 1 rings (SSSR count). The van der Waals surface area contributed by atoms with Crippen LogP contribution in [0.5, 0.6) is 0 Å². The molecule has 6 atom stereocenters. The van der Waals surface area contributed by atoms with Gasteiger partial charge in [-0.1, -0.05) is 325 Å². The molecular weight excluding hydrogens is 1310 g/mol. The Morgan fingerprint density at radius 2 is 0.480 bits per heavy atom. The summed E-state index contributed by atoms with van der Waals surface area (Å²) in [5.41, 5.74) is 0. The van der Waals surface area contributed by atoms with Crippen molar-refractivity contribution in [2.24, 2.45) is 0 Å². The summed E-state index contributed by atoms with van der Waals surface area (Å²) in [4.78, 5) is 10.2. The number of hydrogen-bond donors (Lipinski definition) is 4. The van der Waals surface area contributed by atoms with Crippen molar-refractivity contribution in [1.82, 2.24) is 19.6 Å². The van der Waals surface area contributed by atoms with Crippen molar-refractivity contribution >= 4 is 43.2 Å². The van der Waals surface area contributed by atoms with Gasteiger partial charge in [0.1, 0.15) is 0 Å². The number of piperazine rings is 1. The van der Waals surface area contributed by atoms with E-state index in [0.29, 0.717) is 38.3 Å². The fourth-order valence-corrected chi connectivity index (χ4v) is 18.5. The molecule has 1 heterocycles. The minimum Gasteiger partial charge on any atom is -0.392 e. The van der Waals surface area contributed by atoms with Crippen LogP contribution in [0.2, 0.25) is 0 Å². The fourth-order valence-electron chi connectivity index (χ4n) is 14.3. The van der Waals surface area contributed by atoms with Gasteiger partial charge in [-0.15, -0.1) is 0 Å². The summed E-state index contributed by atoms with van der Waals surface area (Å²) < 4.78 is 0. The van der Waals surface area contributed by atoms with E-state index in [9.17, 15) is 20.4 Å². The van der Waals surface area contributed by atoms with Crippen LogP contribution >= 0.6 is 43.2 Å². The van der Waals surface area contributed by atoms with Crippen molar-refractivity contribution < 1.29 is 20.4 Å². The Hall–Kier alpha value is 0.0400. The molecule has 592 valence electrons. The average Bonchev–Trinajstić information content (AvgIpc) is 0.854. The summed E-state index contributed by atoms with van der Waals surface area (Å²) >= 11 is 0. The van der Waals surface area contributed by atoms with Crippen molar-refractivity contribution in [3.05, 3.63) is 48.6 Å². The highest BCUT2D eigenvalue weighted by atomic mass is 33.1. The summed E-state index contributed by atoms with van der Waals surface area (Å²) in [6.45, 7) is 23.2. The standard InChI is InChI=1S/C88H172N4O4S4/c1-7-11-15-19-23-27-31-35-39-43-47-51-55-59-65-85(93)79-89(80-86(94)66-60-56-52-48-44-40-36-32-28-24-20-16-12-8-2)69-63-73-97-99-75-71-91-77-84(6)92(78-83(91)5)72-76-100-98-74-64-70-90(81-87(95)67-61-57-53-49-45-41-37-33-29-25-21-17-13-9-3)82-88(96)68-62-58-54-50-46-42-38-34-30-26-22-18-14-10-4/h35-42,83-88,93-96H,7-34,43-82H2,1-6H3/b39-35-,40-36-,41-37-,42-38-. The smallest absolute Gasteiger partial charge is 0.0667 e. The van der Waals surface area contributed by atoms with Crippen LogP contribution in [0.25, 0.3) is 0 Å². The van der Waals surface area contributed by atoms with Gasteiger partial charge in [0.25, 0.3) is 0 Å². The van der Waals surface area contributed by atoms with E-state index in [-0.39, 0.29) is 24.4 Å². The zero-order valence-corrected chi connectivity index (χ0v) is 70.6. The first-order chi connectivity index (χ1) is 49.1. The molecule has 0 bridgehead atoms. The first-order valence-corrected chi connectivity index (χ1v) is 48.8. The second kappa shape index (κ2) is 78.6. The normalized spacial score (nSPS) is 16.4. The molecule has 0 saturated carbocycles. The van der Waals surface area contributed by atoms with Gasteiger partial charge in [-0.25, -0.2) is 0 Å². The molecule has 1 aliphatic heterocycles. The van der Waals surface area contributed by atoms with Crippen molar-refractivity contribution in [3.8, 4) is 0 Å². The van der Waals surface area contributed by atoms with Gasteiger partial charge < -0.3 is 20.4 Å². The van der Waals surface area contributed by atoms with E-state index in [1.807, 2.05) is 43.2 Å². The number of aliphatic hydroxyl groups excluding tert-OH is 4. The van der Waals surface area contributed by atoms with Gasteiger partial charge in [-0.3, -0.25) is 19.6 Å². The molecule has 1 fully saturated rings. The van der Waals surface area contributed by atoms with E-state index in [1.54, 1.807) is 0 Å². The Bertz CT molecular complexity index is 1530. The molecule has 1 aliphatic rings. The van der Waals surface area contributed by atoms with E-state index in [4.69, 9.17) is 0 Å². The lowest BCUT2D eigenvalue weighted by atomic mass is 10.1. The largest absolute Gasteiger partial charge is 0.392 e.